The molecule has 0 bridgehead atoms. The van der Waals surface area contributed by atoms with Crippen LogP contribution >= 0.6 is 0 Å². The molecule has 3 atom stereocenters. The van der Waals surface area contributed by atoms with E-state index in [1.807, 2.05) is 24.3 Å². The Morgan fingerprint density at radius 2 is 1.58 bits per heavy atom. The first kappa shape index (κ1) is 18.2. The maximum atomic E-state index is 12.5. The minimum Gasteiger partial charge on any atom is -0.460 e. The summed E-state index contributed by atoms with van der Waals surface area (Å²) in [5.41, 5.74) is 1.75. The van der Waals surface area contributed by atoms with Crippen LogP contribution in [0, 0.1) is 0 Å². The number of carbonyl (C=O) groups is 2. The van der Waals surface area contributed by atoms with Gasteiger partial charge in [0.1, 0.15) is 12.1 Å². The number of hydrogen-bond acceptors (Lipinski definition) is 3. The van der Waals surface area contributed by atoms with Gasteiger partial charge in [-0.3, -0.25) is 4.79 Å². The van der Waals surface area contributed by atoms with Gasteiger partial charge in [-0.25, -0.2) is 4.79 Å². The second kappa shape index (κ2) is 8.65. The molecule has 1 amide bonds. The van der Waals surface area contributed by atoms with Crippen molar-refractivity contribution in [2.75, 3.05) is 0 Å². The molecule has 26 heavy (non-hydrogen) atoms. The van der Waals surface area contributed by atoms with Gasteiger partial charge in [0.15, 0.2) is 0 Å². The molecular formula is C22H25NO3. The molecule has 1 saturated carbocycles. The first-order valence-corrected chi connectivity index (χ1v) is 9.26. The Morgan fingerprint density at radius 3 is 2.27 bits per heavy atom. The predicted molar refractivity (Wildman–Crippen MR) is 101 cm³/mol. The van der Waals surface area contributed by atoms with Crippen LogP contribution in [0.2, 0.25) is 0 Å². The van der Waals surface area contributed by atoms with Crippen LogP contribution in [0.4, 0.5) is 0 Å². The second-order valence-electron chi connectivity index (χ2n) is 6.84. The van der Waals surface area contributed by atoms with Crippen molar-refractivity contribution < 1.29 is 14.3 Å². The fraction of sp³-hybridized carbons (Fsp3) is 0.364. The molecule has 2 aromatic carbocycles. The first-order chi connectivity index (χ1) is 12.6. The van der Waals surface area contributed by atoms with E-state index in [9.17, 15) is 9.59 Å². The molecule has 0 heterocycles. The summed E-state index contributed by atoms with van der Waals surface area (Å²) in [5.74, 6) is -0.411. The third-order valence-corrected chi connectivity index (χ3v) is 4.93. The molecule has 1 unspecified atom stereocenters. The molecule has 1 N–H and O–H groups in total. The Balaban J connectivity index is 1.61. The summed E-state index contributed by atoms with van der Waals surface area (Å²) in [4.78, 5) is 24.7. The quantitative estimate of drug-likeness (QED) is 0.826. The maximum Gasteiger partial charge on any atom is 0.328 e. The lowest BCUT2D eigenvalue weighted by atomic mass is 9.81. The predicted octanol–water partition coefficient (Wildman–Crippen LogP) is 4.07. The molecule has 2 aromatic rings. The van der Waals surface area contributed by atoms with Crippen molar-refractivity contribution in [3.05, 3.63) is 71.8 Å². The minimum atomic E-state index is -0.680. The number of amides is 1. The van der Waals surface area contributed by atoms with Gasteiger partial charge in [-0.1, -0.05) is 55.0 Å². The van der Waals surface area contributed by atoms with Crippen LogP contribution in [0.25, 0.3) is 0 Å². The Labute approximate surface area is 154 Å². The summed E-state index contributed by atoms with van der Waals surface area (Å²) in [5, 5.41) is 2.73. The fourth-order valence-electron chi connectivity index (χ4n) is 3.50. The van der Waals surface area contributed by atoms with Crippen LogP contribution in [-0.2, 0) is 9.53 Å². The SMILES string of the molecule is CC(NC(=O)c1ccccc1)C(=O)O[C@H]1CCCC[C@@H]1c1ccccc1. The molecule has 4 nitrogen and oxygen atoms in total. The third-order valence-electron chi connectivity index (χ3n) is 4.93. The molecule has 0 aromatic heterocycles. The highest BCUT2D eigenvalue weighted by Crippen LogP contribution is 2.35. The summed E-state index contributed by atoms with van der Waals surface area (Å²) in [6.45, 7) is 1.67. The molecular weight excluding hydrogens is 326 g/mol. The van der Waals surface area contributed by atoms with Crippen LogP contribution in [0.5, 0.6) is 0 Å². The van der Waals surface area contributed by atoms with Gasteiger partial charge in [-0.05, 0) is 43.9 Å². The molecule has 0 radical (unpaired) electrons. The van der Waals surface area contributed by atoms with Crippen molar-refractivity contribution in [1.29, 1.82) is 0 Å². The molecule has 136 valence electrons. The number of carbonyl (C=O) groups excluding carboxylic acids is 2. The molecule has 0 spiro atoms. The Kier molecular flexibility index (Phi) is 6.05. The number of ether oxygens (including phenoxy) is 1. The Morgan fingerprint density at radius 1 is 0.962 bits per heavy atom. The van der Waals surface area contributed by atoms with Crippen LogP contribution in [0.3, 0.4) is 0 Å². The van der Waals surface area contributed by atoms with Crippen molar-refractivity contribution in [2.24, 2.45) is 0 Å². The molecule has 1 fully saturated rings. The normalized spacial score (nSPS) is 20.8. The van der Waals surface area contributed by atoms with Crippen molar-refractivity contribution in [2.45, 2.75) is 50.7 Å². The van der Waals surface area contributed by atoms with E-state index in [1.54, 1.807) is 31.2 Å². The van der Waals surface area contributed by atoms with E-state index in [4.69, 9.17) is 4.74 Å². The molecule has 0 saturated heterocycles. The van der Waals surface area contributed by atoms with Gasteiger partial charge in [-0.15, -0.1) is 0 Å². The average molecular weight is 351 g/mol. The van der Waals surface area contributed by atoms with Crippen LogP contribution in [0.15, 0.2) is 60.7 Å². The van der Waals surface area contributed by atoms with Gasteiger partial charge in [0.2, 0.25) is 0 Å². The van der Waals surface area contributed by atoms with Crippen molar-refractivity contribution in [3.8, 4) is 0 Å². The average Bonchev–Trinajstić information content (AvgIpc) is 2.69. The van der Waals surface area contributed by atoms with Gasteiger partial charge in [0, 0.05) is 11.5 Å². The first-order valence-electron chi connectivity index (χ1n) is 9.26. The van der Waals surface area contributed by atoms with Gasteiger partial charge in [-0.2, -0.15) is 0 Å². The van der Waals surface area contributed by atoms with E-state index in [2.05, 4.69) is 17.4 Å². The highest BCUT2D eigenvalue weighted by Gasteiger charge is 2.31. The van der Waals surface area contributed by atoms with Crippen molar-refractivity contribution in [1.82, 2.24) is 5.32 Å². The lowest BCUT2D eigenvalue weighted by Gasteiger charge is -2.32. The third kappa shape index (κ3) is 4.51. The van der Waals surface area contributed by atoms with E-state index < -0.39 is 6.04 Å². The summed E-state index contributed by atoms with van der Waals surface area (Å²) in [7, 11) is 0. The van der Waals surface area contributed by atoms with Crippen LogP contribution < -0.4 is 5.32 Å². The Bertz CT molecular complexity index is 730. The summed E-state index contributed by atoms with van der Waals surface area (Å²) in [6, 6.07) is 18.4. The van der Waals surface area contributed by atoms with Crippen molar-refractivity contribution >= 4 is 11.9 Å². The Hall–Kier alpha value is -2.62. The van der Waals surface area contributed by atoms with E-state index in [0.29, 0.717) is 5.56 Å². The molecule has 1 aliphatic carbocycles. The highest BCUT2D eigenvalue weighted by molar-refractivity contribution is 5.96. The topological polar surface area (TPSA) is 55.4 Å². The number of rotatable bonds is 5. The summed E-state index contributed by atoms with van der Waals surface area (Å²) in [6.07, 6.45) is 3.96. The van der Waals surface area contributed by atoms with Gasteiger partial charge >= 0.3 is 5.97 Å². The monoisotopic (exact) mass is 351 g/mol. The second-order valence-corrected chi connectivity index (χ2v) is 6.84. The smallest absolute Gasteiger partial charge is 0.328 e. The number of esters is 1. The zero-order chi connectivity index (χ0) is 18.4. The zero-order valence-electron chi connectivity index (χ0n) is 15.1. The van der Waals surface area contributed by atoms with Crippen molar-refractivity contribution in [3.63, 3.8) is 0 Å². The highest BCUT2D eigenvalue weighted by atomic mass is 16.5. The largest absolute Gasteiger partial charge is 0.460 e. The van der Waals surface area contributed by atoms with Crippen LogP contribution in [-0.4, -0.2) is 24.0 Å². The van der Waals surface area contributed by atoms with E-state index in [1.165, 1.54) is 5.56 Å². The maximum absolute atomic E-state index is 12.5. The molecule has 0 aliphatic heterocycles. The number of benzene rings is 2. The lowest BCUT2D eigenvalue weighted by Crippen LogP contribution is -2.42. The zero-order valence-corrected chi connectivity index (χ0v) is 15.1. The van der Waals surface area contributed by atoms with Crippen LogP contribution in [0.1, 0.15) is 54.4 Å². The number of nitrogens with one attached hydrogen (secondary N) is 1. The lowest BCUT2D eigenvalue weighted by molar-refractivity contribution is -0.153. The molecule has 4 heteroatoms. The minimum absolute atomic E-state index is 0.130. The summed E-state index contributed by atoms with van der Waals surface area (Å²) < 4.78 is 5.80. The van der Waals surface area contributed by atoms with Gasteiger partial charge in [0.25, 0.3) is 5.91 Å². The van der Waals surface area contributed by atoms with E-state index in [0.717, 1.165) is 25.7 Å². The van der Waals surface area contributed by atoms with Gasteiger partial charge < -0.3 is 10.1 Å². The van der Waals surface area contributed by atoms with E-state index >= 15 is 0 Å². The summed E-state index contributed by atoms with van der Waals surface area (Å²) >= 11 is 0. The van der Waals surface area contributed by atoms with Gasteiger partial charge in [0.05, 0.1) is 0 Å². The molecule has 3 rings (SSSR count). The standard InChI is InChI=1S/C22H25NO3/c1-16(23-21(24)18-12-6-3-7-13-18)22(25)26-20-15-9-8-14-19(20)17-10-4-2-5-11-17/h2-7,10-13,16,19-20H,8-9,14-15H2,1H3,(H,23,24)/t16?,19-,20+/m1/s1. The number of hydrogen-bond donors (Lipinski definition) is 1. The van der Waals surface area contributed by atoms with E-state index in [-0.39, 0.29) is 23.9 Å². The molecule has 1 aliphatic rings. The fourth-order valence-corrected chi connectivity index (χ4v) is 3.50.